The number of rotatable bonds is 41. The molecule has 0 rings (SSSR count). The van der Waals surface area contributed by atoms with Crippen LogP contribution in [0.4, 0.5) is 0 Å². The van der Waals surface area contributed by atoms with Crippen molar-refractivity contribution >= 4 is 17.9 Å². The average Bonchev–Trinajstić information content (AvgIpc) is 3.28. The number of unbranched alkanes of at least 4 members (excludes halogenated alkanes) is 12. The maximum Gasteiger partial charge on any atom is 0.306 e. The Morgan fingerprint density at radius 3 is 1.13 bits per heavy atom. The highest BCUT2D eigenvalue weighted by Crippen LogP contribution is 2.12. The molecule has 0 N–H and O–H groups in total. The predicted molar refractivity (Wildman–Crippen MR) is 269 cm³/mol. The van der Waals surface area contributed by atoms with Crippen molar-refractivity contribution in [1.29, 1.82) is 0 Å². The van der Waals surface area contributed by atoms with Crippen LogP contribution >= 0.6 is 0 Å². The molecule has 0 bridgehead atoms. The summed E-state index contributed by atoms with van der Waals surface area (Å²) in [4.78, 5) is 37.9. The number of carbonyl (C=O) groups is 3. The van der Waals surface area contributed by atoms with Gasteiger partial charge in [0.05, 0.1) is 0 Å². The van der Waals surface area contributed by atoms with Gasteiger partial charge < -0.3 is 14.2 Å². The largest absolute Gasteiger partial charge is 0.462 e. The smallest absolute Gasteiger partial charge is 0.306 e. The van der Waals surface area contributed by atoms with Crippen molar-refractivity contribution in [1.82, 2.24) is 0 Å². The van der Waals surface area contributed by atoms with Crippen LogP contribution in [-0.4, -0.2) is 37.2 Å². The van der Waals surface area contributed by atoms with E-state index in [0.29, 0.717) is 19.3 Å². The second kappa shape index (κ2) is 49.9. The van der Waals surface area contributed by atoms with Crippen LogP contribution in [0.5, 0.6) is 0 Å². The summed E-state index contributed by atoms with van der Waals surface area (Å²) in [7, 11) is 0. The zero-order chi connectivity index (χ0) is 45.8. The van der Waals surface area contributed by atoms with Crippen LogP contribution in [0.3, 0.4) is 0 Å². The maximum atomic E-state index is 12.7. The van der Waals surface area contributed by atoms with Gasteiger partial charge in [0.25, 0.3) is 0 Å². The van der Waals surface area contributed by atoms with Crippen molar-refractivity contribution in [2.75, 3.05) is 13.2 Å². The van der Waals surface area contributed by atoms with Gasteiger partial charge in [-0.25, -0.2) is 0 Å². The number of esters is 3. The molecule has 1 unspecified atom stereocenters. The van der Waals surface area contributed by atoms with Crippen LogP contribution in [0.25, 0.3) is 0 Å². The van der Waals surface area contributed by atoms with E-state index >= 15 is 0 Å². The van der Waals surface area contributed by atoms with E-state index in [9.17, 15) is 14.4 Å². The van der Waals surface area contributed by atoms with Crippen LogP contribution < -0.4 is 0 Å². The summed E-state index contributed by atoms with van der Waals surface area (Å²) in [6.07, 6.45) is 71.2. The Balaban J connectivity index is 4.54. The summed E-state index contributed by atoms with van der Waals surface area (Å²) in [5, 5.41) is 0. The minimum atomic E-state index is -0.835. The van der Waals surface area contributed by atoms with E-state index in [1.807, 2.05) is 60.8 Å². The Bertz CT molecular complexity index is 1460. The molecular formula is C57H86O6. The van der Waals surface area contributed by atoms with E-state index in [1.54, 1.807) is 0 Å². The van der Waals surface area contributed by atoms with Crippen LogP contribution in [0, 0.1) is 0 Å². The van der Waals surface area contributed by atoms with Gasteiger partial charge in [-0.1, -0.05) is 212 Å². The SMILES string of the molecule is CC\C=C/C=C\C=C/C=C\C=C/CCCC(=O)OC(COC(=O)CCCCCCC\C=C/C=C\C=C/CC)COC(=O)CCCCCCCC/C=C\C/C=C\C/C=C\C/C=C\CC. The second-order valence-corrected chi connectivity index (χ2v) is 15.4. The summed E-state index contributed by atoms with van der Waals surface area (Å²) in [5.41, 5.74) is 0. The minimum absolute atomic E-state index is 0.128. The molecule has 0 aliphatic carbocycles. The number of allylic oxidation sites excluding steroid dienone is 24. The molecule has 0 saturated carbocycles. The monoisotopic (exact) mass is 867 g/mol. The first-order chi connectivity index (χ1) is 31.0. The van der Waals surface area contributed by atoms with Crippen molar-refractivity contribution in [2.24, 2.45) is 0 Å². The zero-order valence-corrected chi connectivity index (χ0v) is 39.8. The molecule has 0 aliphatic heterocycles. The molecule has 0 aromatic carbocycles. The lowest BCUT2D eigenvalue weighted by Crippen LogP contribution is -2.30. The summed E-state index contributed by atoms with van der Waals surface area (Å²) in [6, 6.07) is 0. The maximum absolute atomic E-state index is 12.7. The van der Waals surface area contributed by atoms with Gasteiger partial charge in [-0.15, -0.1) is 0 Å². The van der Waals surface area contributed by atoms with Crippen LogP contribution in [-0.2, 0) is 28.6 Å². The third kappa shape index (κ3) is 48.2. The van der Waals surface area contributed by atoms with Gasteiger partial charge in [0, 0.05) is 19.3 Å². The van der Waals surface area contributed by atoms with Crippen molar-refractivity contribution in [3.05, 3.63) is 146 Å². The molecule has 0 aromatic rings. The molecule has 0 spiro atoms. The van der Waals surface area contributed by atoms with Crippen molar-refractivity contribution in [3.8, 4) is 0 Å². The Morgan fingerprint density at radius 2 is 0.667 bits per heavy atom. The van der Waals surface area contributed by atoms with Gasteiger partial charge in [0.1, 0.15) is 13.2 Å². The van der Waals surface area contributed by atoms with E-state index in [2.05, 4.69) is 106 Å². The molecule has 63 heavy (non-hydrogen) atoms. The molecule has 0 heterocycles. The Kier molecular flexibility index (Phi) is 46.2. The predicted octanol–water partition coefficient (Wildman–Crippen LogP) is 16.1. The van der Waals surface area contributed by atoms with E-state index < -0.39 is 12.1 Å². The quantitative estimate of drug-likeness (QED) is 0.0200. The van der Waals surface area contributed by atoms with Crippen molar-refractivity contribution in [3.63, 3.8) is 0 Å². The van der Waals surface area contributed by atoms with Gasteiger partial charge in [-0.05, 0) is 89.9 Å². The normalized spacial score (nSPS) is 13.4. The van der Waals surface area contributed by atoms with E-state index in [1.165, 1.54) is 12.8 Å². The lowest BCUT2D eigenvalue weighted by molar-refractivity contribution is -0.167. The third-order valence-electron chi connectivity index (χ3n) is 9.51. The molecule has 0 amide bonds. The molecular weight excluding hydrogens is 781 g/mol. The molecule has 0 aromatic heterocycles. The van der Waals surface area contributed by atoms with Crippen molar-refractivity contribution in [2.45, 2.75) is 181 Å². The first kappa shape index (κ1) is 58.3. The molecule has 0 aliphatic rings. The van der Waals surface area contributed by atoms with E-state index in [4.69, 9.17) is 14.2 Å². The Labute approximate surface area is 385 Å². The first-order valence-electron chi connectivity index (χ1n) is 24.4. The lowest BCUT2D eigenvalue weighted by Gasteiger charge is -2.18. The van der Waals surface area contributed by atoms with Gasteiger partial charge in [-0.3, -0.25) is 14.4 Å². The topological polar surface area (TPSA) is 78.9 Å². The Morgan fingerprint density at radius 1 is 0.333 bits per heavy atom. The number of carbonyl (C=O) groups excluding carboxylic acids is 3. The highest BCUT2D eigenvalue weighted by atomic mass is 16.6. The van der Waals surface area contributed by atoms with Crippen molar-refractivity contribution < 1.29 is 28.6 Å². The highest BCUT2D eigenvalue weighted by Gasteiger charge is 2.19. The molecule has 350 valence electrons. The number of ether oxygens (including phenoxy) is 3. The van der Waals surface area contributed by atoms with Gasteiger partial charge in [0.2, 0.25) is 0 Å². The van der Waals surface area contributed by atoms with Crippen LogP contribution in [0.15, 0.2) is 146 Å². The summed E-state index contributed by atoms with van der Waals surface area (Å²) >= 11 is 0. The fourth-order valence-corrected chi connectivity index (χ4v) is 5.93. The summed E-state index contributed by atoms with van der Waals surface area (Å²) < 4.78 is 16.7. The zero-order valence-electron chi connectivity index (χ0n) is 39.8. The molecule has 0 fully saturated rings. The van der Waals surface area contributed by atoms with Crippen LogP contribution in [0.2, 0.25) is 0 Å². The summed E-state index contributed by atoms with van der Waals surface area (Å²) in [6.45, 7) is 6.12. The Hall–Kier alpha value is -4.71. The fraction of sp³-hybridized carbons (Fsp3) is 0.526. The average molecular weight is 867 g/mol. The molecule has 6 heteroatoms. The minimum Gasteiger partial charge on any atom is -0.462 e. The highest BCUT2D eigenvalue weighted by molar-refractivity contribution is 5.71. The van der Waals surface area contributed by atoms with E-state index in [-0.39, 0.29) is 31.6 Å². The number of hydrogen-bond acceptors (Lipinski definition) is 6. The van der Waals surface area contributed by atoms with Gasteiger partial charge >= 0.3 is 17.9 Å². The van der Waals surface area contributed by atoms with Gasteiger partial charge in [0.15, 0.2) is 6.10 Å². The molecule has 1 atom stereocenters. The van der Waals surface area contributed by atoms with E-state index in [0.717, 1.165) is 116 Å². The molecule has 0 radical (unpaired) electrons. The standard InChI is InChI=1S/C57H86O6/c1-4-7-10-13-16-19-22-25-26-27-28-29-30-33-35-38-41-44-47-50-56(59)62-53-54(63-57(60)51-48-45-42-39-36-32-24-21-18-15-12-9-6-3)52-61-55(58)49-46-43-40-37-34-31-23-20-17-14-11-8-5-2/h7-12,14-21,23-26,28-29,32,36,39,42,54H,4-6,13,22,27,30-31,33-35,37-38,40-41,43-53H2,1-3H3/b10-7-,11-8-,12-9-,17-14-,18-15-,19-16-,23-20-,24-21-,26-25-,29-28-,36-32-,42-39-. The molecule has 6 nitrogen and oxygen atoms in total. The fourth-order valence-electron chi connectivity index (χ4n) is 5.93. The first-order valence-corrected chi connectivity index (χ1v) is 24.4. The summed E-state index contributed by atoms with van der Waals surface area (Å²) in [5.74, 6) is -1.05. The van der Waals surface area contributed by atoms with Gasteiger partial charge in [-0.2, -0.15) is 0 Å². The van der Waals surface area contributed by atoms with Crippen LogP contribution in [0.1, 0.15) is 175 Å². The second-order valence-electron chi connectivity index (χ2n) is 15.4. The lowest BCUT2D eigenvalue weighted by atomic mass is 10.1. The molecule has 0 saturated heterocycles. The third-order valence-corrected chi connectivity index (χ3v) is 9.51. The number of hydrogen-bond donors (Lipinski definition) is 0.